The van der Waals surface area contributed by atoms with Crippen molar-refractivity contribution in [3.63, 3.8) is 0 Å². The molecule has 0 amide bonds. The molecule has 1 saturated heterocycles. The van der Waals surface area contributed by atoms with Gasteiger partial charge in [0.15, 0.2) is 0 Å². The van der Waals surface area contributed by atoms with E-state index in [1.807, 2.05) is 18.3 Å². The number of aromatic nitrogens is 1. The minimum atomic E-state index is 0.649. The first-order valence-electron chi connectivity index (χ1n) is 4.16. The zero-order chi connectivity index (χ0) is 8.55. The van der Waals surface area contributed by atoms with Crippen molar-refractivity contribution in [2.75, 3.05) is 11.4 Å². The second kappa shape index (κ2) is 3.05. The SMILES string of the molecule is CC1CCN1c1ncccc1Br. The highest BCUT2D eigenvalue weighted by Crippen LogP contribution is 2.30. The summed E-state index contributed by atoms with van der Waals surface area (Å²) in [5.41, 5.74) is 0. The fourth-order valence-corrected chi connectivity index (χ4v) is 1.90. The van der Waals surface area contributed by atoms with Crippen LogP contribution < -0.4 is 4.90 Å². The van der Waals surface area contributed by atoms with E-state index in [1.165, 1.54) is 6.42 Å². The van der Waals surface area contributed by atoms with Crippen LogP contribution in [0.25, 0.3) is 0 Å². The smallest absolute Gasteiger partial charge is 0.143 e. The van der Waals surface area contributed by atoms with Crippen molar-refractivity contribution in [2.45, 2.75) is 19.4 Å². The highest BCUT2D eigenvalue weighted by atomic mass is 79.9. The van der Waals surface area contributed by atoms with Gasteiger partial charge in [-0.2, -0.15) is 0 Å². The van der Waals surface area contributed by atoms with Crippen LogP contribution >= 0.6 is 15.9 Å². The summed E-state index contributed by atoms with van der Waals surface area (Å²) in [7, 11) is 0. The second-order valence-corrected chi connectivity index (χ2v) is 3.99. The molecule has 0 bridgehead atoms. The van der Waals surface area contributed by atoms with Crippen LogP contribution in [0.15, 0.2) is 22.8 Å². The molecular formula is C9H11BrN2. The predicted molar refractivity (Wildman–Crippen MR) is 53.4 cm³/mol. The third kappa shape index (κ3) is 1.22. The number of rotatable bonds is 1. The molecule has 1 atom stereocenters. The number of hydrogen-bond donors (Lipinski definition) is 0. The topological polar surface area (TPSA) is 16.1 Å². The Morgan fingerprint density at radius 3 is 3.00 bits per heavy atom. The monoisotopic (exact) mass is 226 g/mol. The molecule has 1 unspecified atom stereocenters. The van der Waals surface area contributed by atoms with E-state index in [4.69, 9.17) is 0 Å². The average Bonchev–Trinajstić information content (AvgIpc) is 2.06. The molecule has 1 fully saturated rings. The Bertz CT molecular complexity index is 288. The van der Waals surface area contributed by atoms with Crippen molar-refractivity contribution in [1.29, 1.82) is 0 Å². The Labute approximate surface area is 80.7 Å². The zero-order valence-corrected chi connectivity index (χ0v) is 8.58. The summed E-state index contributed by atoms with van der Waals surface area (Å²) in [5.74, 6) is 1.08. The van der Waals surface area contributed by atoms with Crippen LogP contribution in [0, 0.1) is 0 Å². The molecule has 0 aliphatic carbocycles. The molecule has 1 aromatic heterocycles. The fraction of sp³-hybridized carbons (Fsp3) is 0.444. The van der Waals surface area contributed by atoms with E-state index in [0.29, 0.717) is 6.04 Å². The van der Waals surface area contributed by atoms with Crippen LogP contribution in [0.3, 0.4) is 0 Å². The summed E-state index contributed by atoms with van der Waals surface area (Å²) in [6, 6.07) is 4.63. The lowest BCUT2D eigenvalue weighted by atomic mass is 10.1. The molecule has 1 aliphatic heterocycles. The van der Waals surface area contributed by atoms with E-state index in [1.54, 1.807) is 0 Å². The molecule has 12 heavy (non-hydrogen) atoms. The summed E-state index contributed by atoms with van der Waals surface area (Å²) >= 11 is 3.49. The summed E-state index contributed by atoms with van der Waals surface area (Å²) < 4.78 is 1.09. The van der Waals surface area contributed by atoms with Gasteiger partial charge >= 0.3 is 0 Å². The van der Waals surface area contributed by atoms with Crippen molar-refractivity contribution in [3.05, 3.63) is 22.8 Å². The van der Waals surface area contributed by atoms with Crippen LogP contribution in [-0.4, -0.2) is 17.6 Å². The summed E-state index contributed by atoms with van der Waals surface area (Å²) in [6.45, 7) is 3.36. The third-order valence-electron chi connectivity index (χ3n) is 2.33. The van der Waals surface area contributed by atoms with Crippen LogP contribution in [0.2, 0.25) is 0 Å². The minimum absolute atomic E-state index is 0.649. The molecule has 2 heterocycles. The fourth-order valence-electron chi connectivity index (χ4n) is 1.42. The molecular weight excluding hydrogens is 216 g/mol. The van der Waals surface area contributed by atoms with Crippen molar-refractivity contribution in [1.82, 2.24) is 4.98 Å². The van der Waals surface area contributed by atoms with Crippen LogP contribution in [0.5, 0.6) is 0 Å². The summed E-state index contributed by atoms with van der Waals surface area (Å²) in [4.78, 5) is 6.64. The standard InChI is InChI=1S/C9H11BrN2/c1-7-4-6-12(7)9-8(10)3-2-5-11-9/h2-3,5,7H,4,6H2,1H3. The molecule has 1 aliphatic rings. The van der Waals surface area contributed by atoms with Gasteiger partial charge in [-0.25, -0.2) is 4.98 Å². The van der Waals surface area contributed by atoms with E-state index in [2.05, 4.69) is 32.7 Å². The Balaban J connectivity index is 2.27. The Kier molecular flexibility index (Phi) is 2.05. The molecule has 0 spiro atoms. The van der Waals surface area contributed by atoms with Gasteiger partial charge in [0.25, 0.3) is 0 Å². The molecule has 2 nitrogen and oxygen atoms in total. The average molecular weight is 227 g/mol. The van der Waals surface area contributed by atoms with Crippen LogP contribution in [0.4, 0.5) is 5.82 Å². The maximum Gasteiger partial charge on any atom is 0.143 e. The second-order valence-electron chi connectivity index (χ2n) is 3.14. The highest BCUT2D eigenvalue weighted by Gasteiger charge is 2.25. The summed E-state index contributed by atoms with van der Waals surface area (Å²) in [5, 5.41) is 0. The van der Waals surface area contributed by atoms with Gasteiger partial charge in [-0.15, -0.1) is 0 Å². The van der Waals surface area contributed by atoms with Gasteiger partial charge in [0.2, 0.25) is 0 Å². The van der Waals surface area contributed by atoms with Gasteiger partial charge < -0.3 is 4.90 Å². The van der Waals surface area contributed by atoms with Gasteiger partial charge in [0.05, 0.1) is 4.47 Å². The molecule has 64 valence electrons. The summed E-state index contributed by atoms with van der Waals surface area (Å²) in [6.07, 6.45) is 3.12. The van der Waals surface area contributed by atoms with E-state index in [-0.39, 0.29) is 0 Å². The first-order chi connectivity index (χ1) is 5.79. The van der Waals surface area contributed by atoms with Gasteiger partial charge in [0, 0.05) is 18.8 Å². The molecule has 2 rings (SSSR count). The molecule has 0 aromatic carbocycles. The number of hydrogen-bond acceptors (Lipinski definition) is 2. The van der Waals surface area contributed by atoms with Crippen molar-refractivity contribution in [3.8, 4) is 0 Å². The van der Waals surface area contributed by atoms with E-state index >= 15 is 0 Å². The van der Waals surface area contributed by atoms with Gasteiger partial charge in [-0.05, 0) is 41.4 Å². The lowest BCUT2D eigenvalue weighted by Crippen LogP contribution is -2.46. The molecule has 0 radical (unpaired) electrons. The number of halogens is 1. The molecule has 3 heteroatoms. The first kappa shape index (κ1) is 8.05. The third-order valence-corrected chi connectivity index (χ3v) is 2.95. The van der Waals surface area contributed by atoms with E-state index in [0.717, 1.165) is 16.8 Å². The number of nitrogens with zero attached hydrogens (tertiary/aromatic N) is 2. The highest BCUT2D eigenvalue weighted by molar-refractivity contribution is 9.10. The minimum Gasteiger partial charge on any atom is -0.353 e. The van der Waals surface area contributed by atoms with Gasteiger partial charge in [-0.3, -0.25) is 0 Å². The molecule has 0 N–H and O–H groups in total. The Hall–Kier alpha value is -0.570. The Morgan fingerprint density at radius 1 is 1.67 bits per heavy atom. The predicted octanol–water partition coefficient (Wildman–Crippen LogP) is 2.44. The normalized spacial score (nSPS) is 22.2. The number of pyridine rings is 1. The zero-order valence-electron chi connectivity index (χ0n) is 7.00. The quantitative estimate of drug-likeness (QED) is 0.732. The van der Waals surface area contributed by atoms with Crippen molar-refractivity contribution >= 4 is 21.7 Å². The van der Waals surface area contributed by atoms with Gasteiger partial charge in [-0.1, -0.05) is 0 Å². The largest absolute Gasteiger partial charge is 0.353 e. The lowest BCUT2D eigenvalue weighted by molar-refractivity contribution is 0.475. The Morgan fingerprint density at radius 2 is 2.50 bits per heavy atom. The van der Waals surface area contributed by atoms with Crippen molar-refractivity contribution < 1.29 is 0 Å². The van der Waals surface area contributed by atoms with Crippen LogP contribution in [0.1, 0.15) is 13.3 Å². The first-order valence-corrected chi connectivity index (χ1v) is 4.95. The van der Waals surface area contributed by atoms with Gasteiger partial charge in [0.1, 0.15) is 5.82 Å². The maximum atomic E-state index is 4.33. The number of anilines is 1. The van der Waals surface area contributed by atoms with Crippen molar-refractivity contribution in [2.24, 2.45) is 0 Å². The van der Waals surface area contributed by atoms with E-state index < -0.39 is 0 Å². The lowest BCUT2D eigenvalue weighted by Gasteiger charge is -2.40. The maximum absolute atomic E-state index is 4.33. The molecule has 1 aromatic rings. The molecule has 0 saturated carbocycles. The van der Waals surface area contributed by atoms with Crippen LogP contribution in [-0.2, 0) is 0 Å². The van der Waals surface area contributed by atoms with E-state index in [9.17, 15) is 0 Å².